The van der Waals surface area contributed by atoms with E-state index in [1.54, 1.807) is 6.08 Å². The standard InChI is InChI=1S/C14H20O4/c1-3-6-11-7-5-8-14(10-11,12(15)16)13(17)18-9-4-2/h3-4,11H,1-2,5-10H2,(H,15,16). The van der Waals surface area contributed by atoms with E-state index in [1.807, 2.05) is 0 Å². The monoisotopic (exact) mass is 252 g/mol. The minimum atomic E-state index is -1.38. The average Bonchev–Trinajstić information content (AvgIpc) is 2.36. The van der Waals surface area contributed by atoms with Crippen LogP contribution in [0.3, 0.4) is 0 Å². The van der Waals surface area contributed by atoms with Gasteiger partial charge in [-0.05, 0) is 25.2 Å². The topological polar surface area (TPSA) is 63.6 Å². The molecular formula is C14H20O4. The molecule has 1 fully saturated rings. The van der Waals surface area contributed by atoms with Gasteiger partial charge in [-0.3, -0.25) is 9.59 Å². The van der Waals surface area contributed by atoms with Gasteiger partial charge in [-0.1, -0.05) is 31.6 Å². The summed E-state index contributed by atoms with van der Waals surface area (Å²) in [5.41, 5.74) is -1.38. The predicted octanol–water partition coefficient (Wildman–Crippen LogP) is 2.55. The number of carbonyl (C=O) groups is 2. The number of carboxylic acids is 1. The van der Waals surface area contributed by atoms with Crippen molar-refractivity contribution in [1.82, 2.24) is 0 Å². The fraction of sp³-hybridized carbons (Fsp3) is 0.571. The highest BCUT2D eigenvalue weighted by molar-refractivity contribution is 5.99. The van der Waals surface area contributed by atoms with Crippen LogP contribution in [0.15, 0.2) is 25.3 Å². The average molecular weight is 252 g/mol. The quantitative estimate of drug-likeness (QED) is 0.448. The summed E-state index contributed by atoms with van der Waals surface area (Å²) in [4.78, 5) is 23.5. The van der Waals surface area contributed by atoms with Crippen LogP contribution in [0.25, 0.3) is 0 Å². The number of hydrogen-bond donors (Lipinski definition) is 1. The van der Waals surface area contributed by atoms with Gasteiger partial charge in [-0.2, -0.15) is 0 Å². The first-order valence-electron chi connectivity index (χ1n) is 6.19. The van der Waals surface area contributed by atoms with Crippen LogP contribution in [0.5, 0.6) is 0 Å². The number of allylic oxidation sites excluding steroid dienone is 1. The Kier molecular flexibility index (Phi) is 5.13. The molecule has 0 aromatic rings. The van der Waals surface area contributed by atoms with Crippen LogP contribution in [0.4, 0.5) is 0 Å². The first-order chi connectivity index (χ1) is 8.56. The molecule has 0 aromatic heterocycles. The summed E-state index contributed by atoms with van der Waals surface area (Å²) in [7, 11) is 0. The normalized spacial score (nSPS) is 27.2. The number of ether oxygens (including phenoxy) is 1. The second-order valence-corrected chi connectivity index (χ2v) is 4.76. The summed E-state index contributed by atoms with van der Waals surface area (Å²) in [6, 6.07) is 0. The summed E-state index contributed by atoms with van der Waals surface area (Å²) in [6.45, 7) is 7.17. The van der Waals surface area contributed by atoms with Gasteiger partial charge in [0.25, 0.3) is 0 Å². The van der Waals surface area contributed by atoms with E-state index >= 15 is 0 Å². The molecule has 4 nitrogen and oxygen atoms in total. The lowest BCUT2D eigenvalue weighted by atomic mass is 9.68. The van der Waals surface area contributed by atoms with Crippen molar-refractivity contribution in [2.24, 2.45) is 11.3 Å². The molecule has 4 heteroatoms. The van der Waals surface area contributed by atoms with Crippen molar-refractivity contribution in [3.8, 4) is 0 Å². The van der Waals surface area contributed by atoms with Crippen LogP contribution in [-0.2, 0) is 14.3 Å². The molecule has 1 aliphatic carbocycles. The van der Waals surface area contributed by atoms with Gasteiger partial charge in [0, 0.05) is 0 Å². The summed E-state index contributed by atoms with van der Waals surface area (Å²) in [5.74, 6) is -1.52. The largest absolute Gasteiger partial charge is 0.480 e. The number of esters is 1. The lowest BCUT2D eigenvalue weighted by molar-refractivity contribution is -0.172. The SMILES string of the molecule is C=CCOC(=O)C1(C(=O)O)CCCC(CC=C)C1. The van der Waals surface area contributed by atoms with Crippen molar-refractivity contribution in [2.45, 2.75) is 32.1 Å². The van der Waals surface area contributed by atoms with E-state index in [0.29, 0.717) is 12.8 Å². The van der Waals surface area contributed by atoms with E-state index in [2.05, 4.69) is 13.2 Å². The van der Waals surface area contributed by atoms with Crippen LogP contribution in [-0.4, -0.2) is 23.7 Å². The number of aliphatic carboxylic acids is 1. The molecule has 2 unspecified atom stereocenters. The molecule has 0 amide bonds. The molecule has 100 valence electrons. The zero-order valence-electron chi connectivity index (χ0n) is 10.6. The summed E-state index contributed by atoms with van der Waals surface area (Å²) in [6.07, 6.45) is 6.32. The number of hydrogen-bond acceptors (Lipinski definition) is 3. The van der Waals surface area contributed by atoms with E-state index in [4.69, 9.17) is 4.74 Å². The Bertz CT molecular complexity index is 348. The maximum atomic E-state index is 12.0. The number of carboxylic acid groups (broad SMARTS) is 1. The Balaban J connectivity index is 2.85. The van der Waals surface area contributed by atoms with Gasteiger partial charge in [0.05, 0.1) is 0 Å². The van der Waals surface area contributed by atoms with Crippen LogP contribution in [0, 0.1) is 11.3 Å². The Labute approximate surface area is 107 Å². The smallest absolute Gasteiger partial charge is 0.323 e. The lowest BCUT2D eigenvalue weighted by Gasteiger charge is -2.35. The zero-order valence-corrected chi connectivity index (χ0v) is 10.6. The van der Waals surface area contributed by atoms with Crippen LogP contribution < -0.4 is 0 Å². The van der Waals surface area contributed by atoms with Gasteiger partial charge in [-0.25, -0.2) is 0 Å². The van der Waals surface area contributed by atoms with E-state index < -0.39 is 17.4 Å². The highest BCUT2D eigenvalue weighted by Crippen LogP contribution is 2.42. The van der Waals surface area contributed by atoms with Gasteiger partial charge in [0.1, 0.15) is 6.61 Å². The number of rotatable bonds is 6. The molecule has 0 radical (unpaired) electrons. The third-order valence-electron chi connectivity index (χ3n) is 3.49. The van der Waals surface area contributed by atoms with Crippen LogP contribution in [0.2, 0.25) is 0 Å². The van der Waals surface area contributed by atoms with Crippen molar-refractivity contribution in [2.75, 3.05) is 6.61 Å². The van der Waals surface area contributed by atoms with E-state index in [1.165, 1.54) is 6.08 Å². The fourth-order valence-corrected chi connectivity index (χ4v) is 2.57. The molecule has 1 rings (SSSR count). The van der Waals surface area contributed by atoms with Gasteiger partial charge in [0.2, 0.25) is 0 Å². The third kappa shape index (κ3) is 3.00. The van der Waals surface area contributed by atoms with E-state index in [-0.39, 0.29) is 12.5 Å². The van der Waals surface area contributed by atoms with Crippen molar-refractivity contribution in [1.29, 1.82) is 0 Å². The number of carbonyl (C=O) groups excluding carboxylic acids is 1. The minimum absolute atomic E-state index is 0.0555. The van der Waals surface area contributed by atoms with Crippen molar-refractivity contribution in [3.63, 3.8) is 0 Å². The summed E-state index contributed by atoms with van der Waals surface area (Å²) >= 11 is 0. The van der Waals surface area contributed by atoms with Crippen LogP contribution in [0.1, 0.15) is 32.1 Å². The molecule has 18 heavy (non-hydrogen) atoms. The first-order valence-corrected chi connectivity index (χ1v) is 6.19. The summed E-state index contributed by atoms with van der Waals surface area (Å²) in [5, 5.41) is 9.39. The Morgan fingerprint density at radius 3 is 2.67 bits per heavy atom. The second kappa shape index (κ2) is 6.38. The van der Waals surface area contributed by atoms with E-state index in [0.717, 1.165) is 19.3 Å². The van der Waals surface area contributed by atoms with Gasteiger partial charge >= 0.3 is 11.9 Å². The Morgan fingerprint density at radius 2 is 2.11 bits per heavy atom. The molecule has 0 aromatic carbocycles. The van der Waals surface area contributed by atoms with Crippen molar-refractivity contribution >= 4 is 11.9 Å². The molecule has 0 aliphatic heterocycles. The maximum Gasteiger partial charge on any atom is 0.323 e. The maximum absolute atomic E-state index is 12.0. The Morgan fingerprint density at radius 1 is 1.39 bits per heavy atom. The molecule has 0 spiro atoms. The molecule has 0 saturated heterocycles. The lowest BCUT2D eigenvalue weighted by Crippen LogP contribution is -2.44. The third-order valence-corrected chi connectivity index (χ3v) is 3.49. The highest BCUT2D eigenvalue weighted by Gasteiger charge is 2.50. The minimum Gasteiger partial charge on any atom is -0.480 e. The van der Waals surface area contributed by atoms with Crippen molar-refractivity contribution < 1.29 is 19.4 Å². The molecule has 0 heterocycles. The molecule has 1 aliphatic rings. The molecule has 1 saturated carbocycles. The highest BCUT2D eigenvalue weighted by atomic mass is 16.5. The molecule has 0 bridgehead atoms. The first kappa shape index (κ1) is 14.5. The fourth-order valence-electron chi connectivity index (χ4n) is 2.57. The zero-order chi connectivity index (χ0) is 13.6. The molecule has 2 atom stereocenters. The Hall–Kier alpha value is -1.58. The van der Waals surface area contributed by atoms with E-state index in [9.17, 15) is 14.7 Å². The predicted molar refractivity (Wildman–Crippen MR) is 68.0 cm³/mol. The van der Waals surface area contributed by atoms with Gasteiger partial charge in [-0.15, -0.1) is 6.58 Å². The molecular weight excluding hydrogens is 232 g/mol. The van der Waals surface area contributed by atoms with Crippen molar-refractivity contribution in [3.05, 3.63) is 25.3 Å². The second-order valence-electron chi connectivity index (χ2n) is 4.76. The summed E-state index contributed by atoms with van der Waals surface area (Å²) < 4.78 is 4.96. The van der Waals surface area contributed by atoms with Crippen LogP contribution >= 0.6 is 0 Å². The molecule has 1 N–H and O–H groups in total. The van der Waals surface area contributed by atoms with Gasteiger partial charge in [0.15, 0.2) is 5.41 Å². The van der Waals surface area contributed by atoms with Gasteiger partial charge < -0.3 is 9.84 Å².